The number of hydrogen-bond donors (Lipinski definition) is 2. The van der Waals surface area contributed by atoms with E-state index in [0.717, 1.165) is 15.6 Å². The monoisotopic (exact) mass is 353 g/mol. The molecule has 4 aromatic rings. The van der Waals surface area contributed by atoms with E-state index in [9.17, 15) is 4.79 Å². The lowest BCUT2D eigenvalue weighted by Gasteiger charge is -2.04. The third-order valence-corrected chi connectivity index (χ3v) is 4.55. The van der Waals surface area contributed by atoms with Gasteiger partial charge in [-0.2, -0.15) is 0 Å². The molecule has 0 unspecified atom stereocenters. The van der Waals surface area contributed by atoms with Crippen LogP contribution >= 0.6 is 23.6 Å². The molecular formula is C17H11N3O2S2. The molecule has 0 saturated carbocycles. The predicted octanol–water partition coefficient (Wildman–Crippen LogP) is 4.17. The first-order valence-corrected chi connectivity index (χ1v) is 8.38. The van der Waals surface area contributed by atoms with E-state index in [-0.39, 0.29) is 10.9 Å². The molecule has 24 heavy (non-hydrogen) atoms. The third kappa shape index (κ3) is 2.86. The highest BCUT2D eigenvalue weighted by Gasteiger charge is 2.14. The fourth-order valence-corrected chi connectivity index (χ4v) is 3.44. The average molecular weight is 353 g/mol. The van der Waals surface area contributed by atoms with Gasteiger partial charge in [0.15, 0.2) is 16.0 Å². The Morgan fingerprint density at radius 1 is 1.12 bits per heavy atom. The van der Waals surface area contributed by atoms with Crippen molar-refractivity contribution in [1.29, 1.82) is 0 Å². The summed E-state index contributed by atoms with van der Waals surface area (Å²) in [6.07, 6.45) is 0. The van der Waals surface area contributed by atoms with Gasteiger partial charge in [0.2, 0.25) is 0 Å². The number of benzene rings is 2. The van der Waals surface area contributed by atoms with Crippen molar-refractivity contribution in [1.82, 2.24) is 10.3 Å². The maximum Gasteiger partial charge on any atom is 0.293 e. The third-order valence-electron chi connectivity index (χ3n) is 3.39. The molecule has 2 aromatic heterocycles. The molecule has 0 spiro atoms. The zero-order valence-corrected chi connectivity index (χ0v) is 13.9. The molecule has 2 N–H and O–H groups in total. The summed E-state index contributed by atoms with van der Waals surface area (Å²) >= 11 is 6.65. The Morgan fingerprint density at radius 3 is 2.75 bits per heavy atom. The van der Waals surface area contributed by atoms with E-state index >= 15 is 0 Å². The second-order valence-electron chi connectivity index (χ2n) is 5.04. The molecule has 4 rings (SSSR count). The van der Waals surface area contributed by atoms with Crippen LogP contribution in [0.2, 0.25) is 0 Å². The second kappa shape index (κ2) is 6.03. The lowest BCUT2D eigenvalue weighted by Crippen LogP contribution is -2.33. The average Bonchev–Trinajstić information content (AvgIpc) is 3.17. The van der Waals surface area contributed by atoms with E-state index in [0.29, 0.717) is 10.7 Å². The van der Waals surface area contributed by atoms with Gasteiger partial charge < -0.3 is 9.73 Å². The number of thiazole rings is 1. The first-order valence-electron chi connectivity index (χ1n) is 7.15. The molecule has 1 amide bonds. The van der Waals surface area contributed by atoms with Crippen LogP contribution in [0.1, 0.15) is 10.6 Å². The van der Waals surface area contributed by atoms with Gasteiger partial charge in [0.05, 0.1) is 10.2 Å². The number of aromatic nitrogens is 1. The second-order valence-corrected chi connectivity index (χ2v) is 6.48. The molecule has 7 heteroatoms. The van der Waals surface area contributed by atoms with Gasteiger partial charge in [-0.05, 0) is 36.5 Å². The van der Waals surface area contributed by atoms with Crippen molar-refractivity contribution in [2.24, 2.45) is 0 Å². The number of nitrogens with one attached hydrogen (secondary N) is 2. The predicted molar refractivity (Wildman–Crippen MR) is 99.5 cm³/mol. The Kier molecular flexibility index (Phi) is 3.72. The van der Waals surface area contributed by atoms with Gasteiger partial charge >= 0.3 is 0 Å². The van der Waals surface area contributed by atoms with Gasteiger partial charge in [-0.15, -0.1) is 0 Å². The van der Waals surface area contributed by atoms with Crippen LogP contribution in [-0.2, 0) is 0 Å². The molecule has 0 aliphatic rings. The van der Waals surface area contributed by atoms with E-state index in [1.807, 2.05) is 48.5 Å². The highest BCUT2D eigenvalue weighted by Crippen LogP contribution is 2.25. The van der Waals surface area contributed by atoms with Crippen molar-refractivity contribution in [3.63, 3.8) is 0 Å². The van der Waals surface area contributed by atoms with Crippen LogP contribution in [0.3, 0.4) is 0 Å². The Labute approximate surface area is 146 Å². The van der Waals surface area contributed by atoms with Gasteiger partial charge in [0.25, 0.3) is 5.91 Å². The van der Waals surface area contributed by atoms with Crippen LogP contribution in [0.5, 0.6) is 0 Å². The molecule has 0 bridgehead atoms. The van der Waals surface area contributed by atoms with Crippen molar-refractivity contribution in [3.05, 3.63) is 60.4 Å². The fourth-order valence-electron chi connectivity index (χ4n) is 2.31. The molecule has 0 radical (unpaired) electrons. The number of hydrogen-bond acceptors (Lipinski definition) is 5. The fraction of sp³-hybridized carbons (Fsp3) is 0. The Hall–Kier alpha value is -2.77. The number of anilines is 1. The standard InChI is InChI=1S/C17H11N3O2S2/c21-15(13-9-10-5-1-3-7-12(10)22-13)19-16(23)20-17-18-11-6-2-4-8-14(11)24-17/h1-9H,(H2,18,19,20,21,23). The summed E-state index contributed by atoms with van der Waals surface area (Å²) < 4.78 is 6.56. The summed E-state index contributed by atoms with van der Waals surface area (Å²) in [7, 11) is 0. The highest BCUT2D eigenvalue weighted by molar-refractivity contribution is 7.80. The van der Waals surface area contributed by atoms with E-state index in [1.54, 1.807) is 6.07 Å². The molecule has 0 aliphatic carbocycles. The summed E-state index contributed by atoms with van der Waals surface area (Å²) in [6, 6.07) is 16.9. The Balaban J connectivity index is 1.47. The van der Waals surface area contributed by atoms with Crippen LogP contribution in [0.15, 0.2) is 59.0 Å². The maximum atomic E-state index is 12.2. The molecule has 0 fully saturated rings. The quantitative estimate of drug-likeness (QED) is 0.530. The summed E-state index contributed by atoms with van der Waals surface area (Å²) in [5, 5.41) is 7.21. The number of amides is 1. The van der Waals surface area contributed by atoms with Crippen molar-refractivity contribution >= 4 is 60.9 Å². The number of carbonyl (C=O) groups excluding carboxylic acids is 1. The van der Waals surface area contributed by atoms with Crippen LogP contribution < -0.4 is 10.6 Å². The summed E-state index contributed by atoms with van der Waals surface area (Å²) in [5.41, 5.74) is 1.55. The zero-order chi connectivity index (χ0) is 16.5. The number of thiocarbonyl (C=S) groups is 1. The minimum absolute atomic E-state index is 0.180. The number of nitrogens with zero attached hydrogens (tertiary/aromatic N) is 1. The SMILES string of the molecule is O=C(NC(=S)Nc1nc2ccccc2s1)c1cc2ccccc2o1. The lowest BCUT2D eigenvalue weighted by molar-refractivity contribution is 0.0953. The summed E-state index contributed by atoms with van der Waals surface area (Å²) in [5.74, 6) is -0.186. The minimum Gasteiger partial charge on any atom is -0.451 e. The van der Waals surface area contributed by atoms with E-state index < -0.39 is 5.91 Å². The van der Waals surface area contributed by atoms with Gasteiger partial charge in [-0.25, -0.2) is 4.98 Å². The van der Waals surface area contributed by atoms with Crippen molar-refractivity contribution < 1.29 is 9.21 Å². The minimum atomic E-state index is -0.398. The molecule has 118 valence electrons. The first-order chi connectivity index (χ1) is 11.7. The van der Waals surface area contributed by atoms with Crippen molar-refractivity contribution in [3.8, 4) is 0 Å². The van der Waals surface area contributed by atoms with Gasteiger partial charge in [0, 0.05) is 5.39 Å². The van der Waals surface area contributed by atoms with Crippen LogP contribution in [0.25, 0.3) is 21.2 Å². The topological polar surface area (TPSA) is 67.2 Å². The molecule has 5 nitrogen and oxygen atoms in total. The van der Waals surface area contributed by atoms with Gasteiger partial charge in [0.1, 0.15) is 5.58 Å². The molecular weight excluding hydrogens is 342 g/mol. The lowest BCUT2D eigenvalue weighted by atomic mass is 10.2. The normalized spacial score (nSPS) is 10.8. The number of fused-ring (bicyclic) bond motifs is 2. The maximum absolute atomic E-state index is 12.2. The number of carbonyl (C=O) groups is 1. The Bertz CT molecular complexity index is 1000. The van der Waals surface area contributed by atoms with Crippen molar-refractivity contribution in [2.75, 3.05) is 5.32 Å². The summed E-state index contributed by atoms with van der Waals surface area (Å²) in [4.78, 5) is 16.7. The molecule has 2 heterocycles. The number of rotatable bonds is 2. The highest BCUT2D eigenvalue weighted by atomic mass is 32.1. The number of furan rings is 1. The smallest absolute Gasteiger partial charge is 0.293 e. The van der Waals surface area contributed by atoms with Crippen LogP contribution in [0, 0.1) is 0 Å². The first kappa shape index (κ1) is 14.8. The van der Waals surface area contributed by atoms with Crippen LogP contribution in [-0.4, -0.2) is 16.0 Å². The molecule has 0 aliphatic heterocycles. The summed E-state index contributed by atoms with van der Waals surface area (Å²) in [6.45, 7) is 0. The van der Waals surface area contributed by atoms with Crippen molar-refractivity contribution in [2.45, 2.75) is 0 Å². The van der Waals surface area contributed by atoms with Gasteiger partial charge in [-0.3, -0.25) is 10.1 Å². The zero-order valence-electron chi connectivity index (χ0n) is 12.3. The van der Waals surface area contributed by atoms with E-state index in [4.69, 9.17) is 16.6 Å². The molecule has 2 aromatic carbocycles. The molecule has 0 atom stereocenters. The Morgan fingerprint density at radius 2 is 1.92 bits per heavy atom. The molecule has 0 saturated heterocycles. The largest absolute Gasteiger partial charge is 0.451 e. The van der Waals surface area contributed by atoms with Gasteiger partial charge in [-0.1, -0.05) is 41.7 Å². The number of para-hydroxylation sites is 2. The van der Waals surface area contributed by atoms with E-state index in [1.165, 1.54) is 11.3 Å². The van der Waals surface area contributed by atoms with E-state index in [2.05, 4.69) is 15.6 Å². The van der Waals surface area contributed by atoms with Crippen LogP contribution in [0.4, 0.5) is 5.13 Å².